The van der Waals surface area contributed by atoms with Crippen LogP contribution in [0.5, 0.6) is 0 Å². The van der Waals surface area contributed by atoms with E-state index in [9.17, 15) is 21.6 Å². The van der Waals surface area contributed by atoms with Gasteiger partial charge >= 0.3 is 6.18 Å². The van der Waals surface area contributed by atoms with Gasteiger partial charge in [0.25, 0.3) is 0 Å². The van der Waals surface area contributed by atoms with Crippen LogP contribution in [0.15, 0.2) is 73.1 Å². The lowest BCUT2D eigenvalue weighted by molar-refractivity contribution is -0.137. The molecule has 0 N–H and O–H groups in total. The zero-order chi connectivity index (χ0) is 21.1. The number of halogens is 3. The highest BCUT2D eigenvalue weighted by atomic mass is 32.2. The van der Waals surface area contributed by atoms with Crippen molar-refractivity contribution in [1.82, 2.24) is 4.98 Å². The third-order valence-corrected chi connectivity index (χ3v) is 6.17. The molecular weight excluding hydrogens is 401 g/mol. The minimum absolute atomic E-state index is 0.00271. The number of anilines is 1. The fourth-order valence-electron chi connectivity index (χ4n) is 2.97. The van der Waals surface area contributed by atoms with Gasteiger partial charge in [-0.25, -0.2) is 8.42 Å². The Balaban J connectivity index is 2.09. The molecule has 0 atom stereocenters. The van der Waals surface area contributed by atoms with Crippen molar-refractivity contribution in [2.75, 3.05) is 10.1 Å². The van der Waals surface area contributed by atoms with Crippen LogP contribution >= 0.6 is 0 Å². The van der Waals surface area contributed by atoms with Gasteiger partial charge in [0.15, 0.2) is 0 Å². The Kier molecular flexibility index (Phi) is 5.93. The van der Waals surface area contributed by atoms with Gasteiger partial charge < -0.3 is 0 Å². The molecule has 8 heteroatoms. The van der Waals surface area contributed by atoms with E-state index in [-0.39, 0.29) is 23.4 Å². The minimum Gasteiger partial charge on any atom is -0.266 e. The van der Waals surface area contributed by atoms with Crippen molar-refractivity contribution in [3.63, 3.8) is 0 Å². The molecule has 0 bridgehead atoms. The average Bonchev–Trinajstić information content (AvgIpc) is 2.72. The highest BCUT2D eigenvalue weighted by Gasteiger charge is 2.33. The summed E-state index contributed by atoms with van der Waals surface area (Å²) in [4.78, 5) is 4.00. The highest BCUT2D eigenvalue weighted by molar-refractivity contribution is 7.92. The molecule has 152 valence electrons. The Morgan fingerprint density at radius 2 is 1.76 bits per heavy atom. The summed E-state index contributed by atoms with van der Waals surface area (Å²) in [6.07, 6.45) is -1.38. The van der Waals surface area contributed by atoms with E-state index in [1.54, 1.807) is 36.7 Å². The second-order valence-corrected chi connectivity index (χ2v) is 8.54. The van der Waals surface area contributed by atoms with Crippen LogP contribution < -0.4 is 4.31 Å². The molecular formula is C21H19F3N2O2S. The van der Waals surface area contributed by atoms with Crippen LogP contribution in [0, 0.1) is 0 Å². The monoisotopic (exact) mass is 420 g/mol. The van der Waals surface area contributed by atoms with Crippen LogP contribution in [0.4, 0.5) is 18.9 Å². The number of hydrogen-bond donors (Lipinski definition) is 0. The summed E-state index contributed by atoms with van der Waals surface area (Å²) in [7, 11) is -3.67. The maximum absolute atomic E-state index is 13.4. The van der Waals surface area contributed by atoms with Crippen LogP contribution in [0.3, 0.4) is 0 Å². The number of aromatic nitrogens is 1. The number of nitrogens with zero attached hydrogens (tertiary/aromatic N) is 2. The van der Waals surface area contributed by atoms with E-state index in [0.717, 1.165) is 6.07 Å². The van der Waals surface area contributed by atoms with E-state index in [1.807, 2.05) is 0 Å². The molecule has 0 spiro atoms. The van der Waals surface area contributed by atoms with E-state index < -0.39 is 21.8 Å². The molecule has 0 radical (unpaired) electrons. The van der Waals surface area contributed by atoms with Gasteiger partial charge in [0, 0.05) is 12.4 Å². The Bertz CT molecular complexity index is 1080. The molecule has 0 saturated carbocycles. The second-order valence-electron chi connectivity index (χ2n) is 6.36. The summed E-state index contributed by atoms with van der Waals surface area (Å²) in [5, 5.41) is 0. The Morgan fingerprint density at radius 1 is 1.00 bits per heavy atom. The number of benzene rings is 2. The van der Waals surface area contributed by atoms with Crippen molar-refractivity contribution in [2.24, 2.45) is 0 Å². The summed E-state index contributed by atoms with van der Waals surface area (Å²) in [5.41, 5.74) is 0.486. The molecule has 0 amide bonds. The van der Waals surface area contributed by atoms with E-state index >= 15 is 0 Å². The number of pyridine rings is 1. The van der Waals surface area contributed by atoms with E-state index in [1.165, 1.54) is 41.6 Å². The van der Waals surface area contributed by atoms with Crippen molar-refractivity contribution in [3.8, 4) is 11.1 Å². The third kappa shape index (κ3) is 4.76. The highest BCUT2D eigenvalue weighted by Crippen LogP contribution is 2.38. The maximum Gasteiger partial charge on any atom is 0.417 e. The normalized spacial score (nSPS) is 12.0. The molecule has 1 heterocycles. The topological polar surface area (TPSA) is 50.3 Å². The summed E-state index contributed by atoms with van der Waals surface area (Å²) >= 11 is 0. The second kappa shape index (κ2) is 8.24. The third-order valence-electron chi connectivity index (χ3n) is 4.43. The van der Waals surface area contributed by atoms with Crippen LogP contribution in [0.25, 0.3) is 11.1 Å². The molecule has 29 heavy (non-hydrogen) atoms. The van der Waals surface area contributed by atoms with Gasteiger partial charge in [0.2, 0.25) is 10.0 Å². The van der Waals surface area contributed by atoms with E-state index in [2.05, 4.69) is 4.98 Å². The zero-order valence-corrected chi connectivity index (χ0v) is 16.4. The molecule has 0 unspecified atom stereocenters. The first kappa shape index (κ1) is 20.9. The molecule has 2 aromatic carbocycles. The van der Waals surface area contributed by atoms with Gasteiger partial charge in [0.05, 0.1) is 23.5 Å². The first-order valence-electron chi connectivity index (χ1n) is 8.88. The van der Waals surface area contributed by atoms with Crippen LogP contribution in [-0.2, 0) is 22.7 Å². The predicted molar refractivity (Wildman–Crippen MR) is 107 cm³/mol. The molecule has 0 saturated heterocycles. The Morgan fingerprint density at radius 3 is 2.41 bits per heavy atom. The molecule has 0 aliphatic rings. The summed E-state index contributed by atoms with van der Waals surface area (Å²) < 4.78 is 66.8. The van der Waals surface area contributed by atoms with Gasteiger partial charge in [-0.05, 0) is 47.9 Å². The van der Waals surface area contributed by atoms with Crippen molar-refractivity contribution < 1.29 is 21.6 Å². The first-order valence-corrected chi connectivity index (χ1v) is 10.5. The van der Waals surface area contributed by atoms with Gasteiger partial charge in [0.1, 0.15) is 0 Å². The van der Waals surface area contributed by atoms with Gasteiger partial charge in [-0.2, -0.15) is 13.2 Å². The van der Waals surface area contributed by atoms with E-state index in [4.69, 9.17) is 0 Å². The lowest BCUT2D eigenvalue weighted by atomic mass is 9.99. The molecule has 3 aromatic rings. The number of hydrogen-bond acceptors (Lipinski definition) is 3. The molecule has 4 nitrogen and oxygen atoms in total. The predicted octanol–water partition coefficient (Wildman–Crippen LogP) is 5.12. The van der Waals surface area contributed by atoms with Crippen LogP contribution in [-0.4, -0.2) is 19.2 Å². The zero-order valence-electron chi connectivity index (χ0n) is 15.6. The lowest BCUT2D eigenvalue weighted by Gasteiger charge is -2.24. The largest absolute Gasteiger partial charge is 0.417 e. The van der Waals surface area contributed by atoms with Gasteiger partial charge in [-0.1, -0.05) is 36.4 Å². The van der Waals surface area contributed by atoms with Crippen molar-refractivity contribution in [3.05, 3.63) is 84.2 Å². The number of rotatable bonds is 6. The first-order chi connectivity index (χ1) is 13.7. The fraction of sp³-hybridized carbons (Fsp3) is 0.190. The van der Waals surface area contributed by atoms with Crippen LogP contribution in [0.2, 0.25) is 0 Å². The van der Waals surface area contributed by atoms with E-state index in [0.29, 0.717) is 11.3 Å². The SMILES string of the molecule is CCS(=O)(=O)N(Cc1cccnc1)c1cccc(-c2ccccc2C(F)(F)F)c1. The molecule has 0 fully saturated rings. The Labute approximate surface area is 167 Å². The minimum atomic E-state index is -4.52. The van der Waals surface area contributed by atoms with Crippen molar-refractivity contribution in [1.29, 1.82) is 0 Å². The smallest absolute Gasteiger partial charge is 0.266 e. The lowest BCUT2D eigenvalue weighted by Crippen LogP contribution is -2.31. The van der Waals surface area contributed by atoms with Crippen molar-refractivity contribution in [2.45, 2.75) is 19.6 Å². The molecule has 0 aliphatic carbocycles. The number of alkyl halides is 3. The molecule has 1 aromatic heterocycles. The average molecular weight is 420 g/mol. The maximum atomic E-state index is 13.4. The van der Waals surface area contributed by atoms with Crippen molar-refractivity contribution >= 4 is 15.7 Å². The fourth-order valence-corrected chi connectivity index (χ4v) is 4.07. The standard InChI is InChI=1S/C21H19F3N2O2S/c1-2-29(27,28)26(15-16-7-6-12-25-14-16)18-9-5-8-17(13-18)19-10-3-4-11-20(19)21(22,23)24/h3-14H,2,15H2,1H3. The summed E-state index contributed by atoms with van der Waals surface area (Å²) in [6.45, 7) is 1.56. The Hall–Kier alpha value is -2.87. The number of sulfonamides is 1. The van der Waals surface area contributed by atoms with Gasteiger partial charge in [-0.3, -0.25) is 9.29 Å². The van der Waals surface area contributed by atoms with Gasteiger partial charge in [-0.15, -0.1) is 0 Å². The summed E-state index contributed by atoms with van der Waals surface area (Å²) in [5.74, 6) is -0.142. The molecule has 3 rings (SSSR count). The van der Waals surface area contributed by atoms with Crippen LogP contribution in [0.1, 0.15) is 18.1 Å². The summed E-state index contributed by atoms with van der Waals surface area (Å²) in [6, 6.07) is 14.8. The quantitative estimate of drug-likeness (QED) is 0.556. The molecule has 0 aliphatic heterocycles.